The van der Waals surface area contributed by atoms with Gasteiger partial charge in [-0.25, -0.2) is 0 Å². The van der Waals surface area contributed by atoms with Crippen molar-refractivity contribution in [3.63, 3.8) is 0 Å². The molecular weight excluding hydrogens is 463 g/mol. The second-order valence-corrected chi connectivity index (χ2v) is 3.67. The van der Waals surface area contributed by atoms with Gasteiger partial charge in [-0.1, -0.05) is 0 Å². The molecule has 0 spiro atoms. The van der Waals surface area contributed by atoms with Crippen LogP contribution in [0.15, 0.2) is 0 Å². The van der Waals surface area contributed by atoms with Gasteiger partial charge in [-0.15, -0.1) is 0 Å². The Balaban J connectivity index is -0.0000000129. The minimum Gasteiger partial charge on any atom is -0.759 e. The van der Waals surface area contributed by atoms with E-state index >= 15 is 0 Å². The van der Waals surface area contributed by atoms with Crippen LogP contribution in [0.1, 0.15) is 0 Å². The van der Waals surface area contributed by atoms with Crippen molar-refractivity contribution >= 4 is 92.0 Å². The Morgan fingerprint density at radius 2 is 0.476 bits per heavy atom. The first-order valence-electron chi connectivity index (χ1n) is 2.00. The molecule has 0 saturated heterocycles. The van der Waals surface area contributed by atoms with Gasteiger partial charge in [0, 0.05) is 31.2 Å². The molecule has 0 aromatic heterocycles. The van der Waals surface area contributed by atoms with Gasteiger partial charge in [0.05, 0.1) is 0 Å². The number of hydrogen-bond donors (Lipinski definition) is 0. The van der Waals surface area contributed by atoms with Crippen LogP contribution < -0.4 is 103 Å². The van der Waals surface area contributed by atoms with Crippen molar-refractivity contribution in [1.82, 2.24) is 0 Å². The molecule has 14 nitrogen and oxygen atoms in total. The molecule has 0 atom stereocenters. The van der Waals surface area contributed by atoms with Crippen LogP contribution in [0.5, 0.6) is 0 Å². The molecule has 0 bridgehead atoms. The van der Waals surface area contributed by atoms with E-state index in [9.17, 15) is 0 Å². The normalized spacial score (nSPS) is 8.29. The fourth-order valence-corrected chi connectivity index (χ4v) is 0. The molecule has 112 valence electrons. The Morgan fingerprint density at radius 3 is 0.476 bits per heavy atom. The summed E-state index contributed by atoms with van der Waals surface area (Å²) >= 11 is 0. The van der Waals surface area contributed by atoms with Crippen molar-refractivity contribution in [2.45, 2.75) is 0 Å². The first-order valence-corrected chi connectivity index (χ1v) is 6.00. The number of rotatable bonds is 0. The van der Waals surface area contributed by atoms with Gasteiger partial charge in [-0.3, -0.25) is 25.3 Å². The average Bonchev–Trinajstić information content (AvgIpc) is 1.41. The van der Waals surface area contributed by atoms with Crippen molar-refractivity contribution in [2.24, 2.45) is 0 Å². The van der Waals surface area contributed by atoms with Gasteiger partial charge in [-0.2, -0.15) is 0 Å². The van der Waals surface area contributed by atoms with Gasteiger partial charge in [0.15, 0.2) is 0 Å². The van der Waals surface area contributed by atoms with Crippen LogP contribution >= 0.6 is 0 Å². The molecular formula is H4CaK2MgO14S3. The van der Waals surface area contributed by atoms with Crippen molar-refractivity contribution in [2.75, 3.05) is 0 Å². The van der Waals surface area contributed by atoms with Crippen LogP contribution in [-0.2, 0) is 31.2 Å². The summed E-state index contributed by atoms with van der Waals surface area (Å²) in [6, 6.07) is 0. The molecule has 0 aliphatic rings. The minimum atomic E-state index is -5.17. The fraction of sp³-hybridized carbons (Fsp3) is 0. The summed E-state index contributed by atoms with van der Waals surface area (Å²) in [5.74, 6) is 0. The molecule has 0 amide bonds. The van der Waals surface area contributed by atoms with Gasteiger partial charge in [0.1, 0.15) is 0 Å². The fourth-order valence-electron chi connectivity index (χ4n) is 0. The summed E-state index contributed by atoms with van der Waals surface area (Å²) in [4.78, 5) is 0. The van der Waals surface area contributed by atoms with Gasteiger partial charge >= 0.3 is 164 Å². The molecule has 4 N–H and O–H groups in total. The zero-order valence-corrected chi connectivity index (χ0v) is 22.9. The summed E-state index contributed by atoms with van der Waals surface area (Å²) < 4.78 is 102. The second-order valence-electron chi connectivity index (χ2n) is 1.22. The van der Waals surface area contributed by atoms with Crippen LogP contribution in [-0.4, -0.2) is 124 Å². The third-order valence-corrected chi connectivity index (χ3v) is 0. The van der Waals surface area contributed by atoms with Crippen LogP contribution in [0.4, 0.5) is 0 Å². The zero-order valence-electron chi connectivity index (χ0n) is 10.5. The van der Waals surface area contributed by atoms with E-state index < -0.39 is 31.2 Å². The molecule has 0 fully saturated rings. The standard InChI is InChI=1S/Ca.2K.Mg.3H2O4S.2H2O/c;;;;3*1-5(2,3)4;;/h;;;;3*(H2,1,2,3,4);2*1H2/q+2;2*+1;+2;;;;;/p-6. The van der Waals surface area contributed by atoms with Gasteiger partial charge in [0.2, 0.25) is 0 Å². The molecule has 21 heteroatoms. The van der Waals surface area contributed by atoms with Gasteiger partial charge < -0.3 is 38.3 Å². The Morgan fingerprint density at radius 1 is 0.476 bits per heavy atom. The summed E-state index contributed by atoms with van der Waals surface area (Å²) in [5, 5.41) is 0. The topological polar surface area (TPSA) is 304 Å². The van der Waals surface area contributed by atoms with Crippen LogP contribution in [0, 0.1) is 0 Å². The van der Waals surface area contributed by atoms with Crippen molar-refractivity contribution in [3.8, 4) is 0 Å². The predicted octanol–water partition coefficient (Wildman–Crippen LogP) is -12.4. The van der Waals surface area contributed by atoms with E-state index in [-0.39, 0.29) is 175 Å². The summed E-state index contributed by atoms with van der Waals surface area (Å²) in [6.07, 6.45) is 0. The maximum Gasteiger partial charge on any atom is 2.00 e. The number of hydrogen-bond acceptors (Lipinski definition) is 12. The van der Waals surface area contributed by atoms with E-state index in [0.717, 1.165) is 0 Å². The predicted molar refractivity (Wildman–Crippen MR) is 50.2 cm³/mol. The Hall–Kier alpha value is 4.83. The monoisotopic (exact) mass is 466 g/mol. The molecule has 0 aliphatic heterocycles. The third-order valence-electron chi connectivity index (χ3n) is 0. The molecule has 21 heavy (non-hydrogen) atoms. The summed E-state index contributed by atoms with van der Waals surface area (Å²) in [7, 11) is -15.5. The van der Waals surface area contributed by atoms with Crippen molar-refractivity contribution in [3.05, 3.63) is 0 Å². The Kier molecular flexibility index (Phi) is 72.4. The molecule has 0 saturated carbocycles. The smallest absolute Gasteiger partial charge is 0.759 e. The SMILES string of the molecule is O.O.O=S(=O)([O-])[O-].O=S(=O)([O-])[O-].O=S(=O)([O-])[O-].[Ca+2].[K+].[K+].[Mg+2]. The van der Waals surface area contributed by atoms with E-state index in [2.05, 4.69) is 0 Å². The first-order chi connectivity index (χ1) is 6.00. The van der Waals surface area contributed by atoms with Crippen molar-refractivity contribution in [1.29, 1.82) is 0 Å². The van der Waals surface area contributed by atoms with E-state index in [0.29, 0.717) is 0 Å². The van der Waals surface area contributed by atoms with E-state index in [4.69, 9.17) is 52.6 Å². The average molecular weight is 467 g/mol. The minimum absolute atomic E-state index is 0. The first kappa shape index (κ1) is 56.2. The van der Waals surface area contributed by atoms with E-state index in [1.807, 2.05) is 0 Å². The Labute approximate surface area is 251 Å². The molecule has 0 heterocycles. The molecule has 0 radical (unpaired) electrons. The maximum absolute atomic E-state index is 8.52. The van der Waals surface area contributed by atoms with Crippen molar-refractivity contribution < 1.29 is 166 Å². The van der Waals surface area contributed by atoms with Crippen LogP contribution in [0.2, 0.25) is 0 Å². The second kappa shape index (κ2) is 27.1. The molecule has 0 unspecified atom stereocenters. The largest absolute Gasteiger partial charge is 2.00 e. The zero-order chi connectivity index (χ0) is 13.5. The van der Waals surface area contributed by atoms with Gasteiger partial charge in [0.25, 0.3) is 0 Å². The molecule has 0 aliphatic carbocycles. The molecule has 0 aromatic carbocycles. The quantitative estimate of drug-likeness (QED) is 0.182. The van der Waals surface area contributed by atoms with Crippen LogP contribution in [0.3, 0.4) is 0 Å². The summed E-state index contributed by atoms with van der Waals surface area (Å²) in [5.41, 5.74) is 0. The van der Waals surface area contributed by atoms with Gasteiger partial charge in [-0.05, 0) is 0 Å². The van der Waals surface area contributed by atoms with E-state index in [1.54, 1.807) is 0 Å². The third kappa shape index (κ3) is 555. The van der Waals surface area contributed by atoms with Crippen LogP contribution in [0.25, 0.3) is 0 Å². The molecule has 0 rings (SSSR count). The Bertz CT molecular complexity index is 353. The van der Waals surface area contributed by atoms with E-state index in [1.165, 1.54) is 0 Å². The summed E-state index contributed by atoms with van der Waals surface area (Å²) in [6.45, 7) is 0. The molecule has 0 aromatic rings. The maximum atomic E-state index is 8.52.